The second kappa shape index (κ2) is 5.00. The molecule has 0 amide bonds. The van der Waals surface area contributed by atoms with Crippen LogP contribution in [0.2, 0.25) is 0 Å². The fourth-order valence-electron chi connectivity index (χ4n) is 2.45. The summed E-state index contributed by atoms with van der Waals surface area (Å²) >= 11 is 5.77. The van der Waals surface area contributed by atoms with Crippen LogP contribution >= 0.6 is 11.6 Å². The van der Waals surface area contributed by atoms with Gasteiger partial charge in [-0.25, -0.2) is 0 Å². The first-order valence-electron chi connectivity index (χ1n) is 6.79. The Morgan fingerprint density at radius 3 is 2.58 bits per heavy atom. The molecular weight excluding hydrogens is 264 g/mol. The molecule has 0 aromatic heterocycles. The molecule has 0 unspecified atom stereocenters. The van der Waals surface area contributed by atoms with Gasteiger partial charge in [-0.3, -0.25) is 10.1 Å². The molecule has 0 bridgehead atoms. The standard InChI is InChI=1S/C14H17ClN2O2/c15-8-11-3-6-13(14(7-11)17(18)19)16(12-4-5-12)9-10-1-2-10/h3,6-7,10,12H,1-2,4-5,8-9H2. The van der Waals surface area contributed by atoms with Gasteiger partial charge in [-0.05, 0) is 43.2 Å². The molecule has 3 rings (SSSR count). The predicted molar refractivity (Wildman–Crippen MR) is 75.7 cm³/mol. The molecule has 2 saturated carbocycles. The number of nitro groups is 1. The first-order chi connectivity index (χ1) is 9.19. The highest BCUT2D eigenvalue weighted by atomic mass is 35.5. The molecule has 2 aliphatic carbocycles. The van der Waals surface area contributed by atoms with Crippen LogP contribution in [-0.2, 0) is 5.88 Å². The summed E-state index contributed by atoms with van der Waals surface area (Å²) in [5.74, 6) is 1.04. The third-order valence-corrected chi connectivity index (χ3v) is 4.15. The number of hydrogen-bond acceptors (Lipinski definition) is 3. The SMILES string of the molecule is O=[N+]([O-])c1cc(CCl)ccc1N(CC1CC1)C1CC1. The van der Waals surface area contributed by atoms with Crippen molar-refractivity contribution in [1.82, 2.24) is 0 Å². The summed E-state index contributed by atoms with van der Waals surface area (Å²) < 4.78 is 0. The zero-order valence-electron chi connectivity index (χ0n) is 10.7. The molecule has 1 aromatic carbocycles. The molecule has 0 atom stereocenters. The van der Waals surface area contributed by atoms with E-state index in [1.54, 1.807) is 6.07 Å². The predicted octanol–water partition coefficient (Wildman–Crippen LogP) is 3.71. The van der Waals surface area contributed by atoms with E-state index in [9.17, 15) is 10.1 Å². The second-order valence-electron chi connectivity index (χ2n) is 5.54. The Hall–Kier alpha value is -1.29. The Balaban J connectivity index is 1.93. The normalized spacial score (nSPS) is 18.4. The van der Waals surface area contributed by atoms with E-state index >= 15 is 0 Å². The van der Waals surface area contributed by atoms with Crippen LogP contribution in [0.5, 0.6) is 0 Å². The highest BCUT2D eigenvalue weighted by molar-refractivity contribution is 6.17. The van der Waals surface area contributed by atoms with Gasteiger partial charge in [0.25, 0.3) is 5.69 Å². The van der Waals surface area contributed by atoms with Crippen LogP contribution in [0.3, 0.4) is 0 Å². The second-order valence-corrected chi connectivity index (χ2v) is 5.81. The van der Waals surface area contributed by atoms with Crippen LogP contribution in [0.1, 0.15) is 31.2 Å². The van der Waals surface area contributed by atoms with E-state index < -0.39 is 0 Å². The lowest BCUT2D eigenvalue weighted by Crippen LogP contribution is -2.28. The van der Waals surface area contributed by atoms with Crippen molar-refractivity contribution in [2.75, 3.05) is 11.4 Å². The molecule has 102 valence electrons. The van der Waals surface area contributed by atoms with Crippen LogP contribution in [0.15, 0.2) is 18.2 Å². The average Bonchev–Trinajstić information content (AvgIpc) is 3.27. The molecule has 0 saturated heterocycles. The number of nitrogens with zero attached hydrogens (tertiary/aromatic N) is 2. The van der Waals surface area contributed by atoms with Crippen LogP contribution in [0, 0.1) is 16.0 Å². The first-order valence-corrected chi connectivity index (χ1v) is 7.32. The Morgan fingerprint density at radius 1 is 1.32 bits per heavy atom. The van der Waals surface area contributed by atoms with Crippen molar-refractivity contribution in [2.45, 2.75) is 37.6 Å². The molecule has 0 aliphatic heterocycles. The van der Waals surface area contributed by atoms with Crippen LogP contribution < -0.4 is 4.90 Å². The number of halogens is 1. The lowest BCUT2D eigenvalue weighted by atomic mass is 10.1. The van der Waals surface area contributed by atoms with E-state index in [1.165, 1.54) is 12.8 Å². The average molecular weight is 281 g/mol. The molecule has 0 radical (unpaired) electrons. The summed E-state index contributed by atoms with van der Waals surface area (Å²) in [6.07, 6.45) is 4.83. The van der Waals surface area contributed by atoms with Crippen LogP contribution in [0.25, 0.3) is 0 Å². The van der Waals surface area contributed by atoms with E-state index in [1.807, 2.05) is 12.1 Å². The van der Waals surface area contributed by atoms with Gasteiger partial charge >= 0.3 is 0 Å². The van der Waals surface area contributed by atoms with E-state index in [0.717, 1.165) is 36.6 Å². The van der Waals surface area contributed by atoms with Gasteiger partial charge < -0.3 is 4.90 Å². The summed E-state index contributed by atoms with van der Waals surface area (Å²) in [7, 11) is 0. The lowest BCUT2D eigenvalue weighted by Gasteiger charge is -2.24. The summed E-state index contributed by atoms with van der Waals surface area (Å²) in [5.41, 5.74) is 1.78. The van der Waals surface area contributed by atoms with Gasteiger partial charge in [0.05, 0.1) is 4.92 Å². The van der Waals surface area contributed by atoms with Gasteiger partial charge in [0, 0.05) is 24.5 Å². The minimum Gasteiger partial charge on any atom is -0.363 e. The Labute approximate surface area is 117 Å². The molecule has 19 heavy (non-hydrogen) atoms. The molecule has 0 heterocycles. The Bertz CT molecular complexity index is 498. The number of anilines is 1. The van der Waals surface area contributed by atoms with Crippen molar-refractivity contribution in [2.24, 2.45) is 5.92 Å². The fourth-order valence-corrected chi connectivity index (χ4v) is 2.62. The molecule has 0 N–H and O–H groups in total. The van der Waals surface area contributed by atoms with E-state index in [-0.39, 0.29) is 10.6 Å². The van der Waals surface area contributed by atoms with Gasteiger partial charge in [0.1, 0.15) is 5.69 Å². The maximum Gasteiger partial charge on any atom is 0.292 e. The van der Waals surface area contributed by atoms with Crippen molar-refractivity contribution in [3.63, 3.8) is 0 Å². The number of alkyl halides is 1. The minimum absolute atomic E-state index is 0.200. The molecule has 2 aliphatic rings. The Kier molecular flexibility index (Phi) is 3.35. The highest BCUT2D eigenvalue weighted by Gasteiger charge is 2.36. The van der Waals surface area contributed by atoms with E-state index in [0.29, 0.717) is 11.9 Å². The summed E-state index contributed by atoms with van der Waals surface area (Å²) in [5, 5.41) is 11.3. The first kappa shape index (κ1) is 12.7. The van der Waals surface area contributed by atoms with Crippen LogP contribution in [0.4, 0.5) is 11.4 Å². The van der Waals surface area contributed by atoms with Crippen molar-refractivity contribution < 1.29 is 4.92 Å². The quantitative estimate of drug-likeness (QED) is 0.453. The van der Waals surface area contributed by atoms with Crippen molar-refractivity contribution in [3.05, 3.63) is 33.9 Å². The highest BCUT2D eigenvalue weighted by Crippen LogP contribution is 2.41. The number of nitro benzene ring substituents is 1. The summed E-state index contributed by atoms with van der Waals surface area (Å²) in [6.45, 7) is 0.964. The topological polar surface area (TPSA) is 46.4 Å². The number of hydrogen-bond donors (Lipinski definition) is 0. The van der Waals surface area contributed by atoms with Gasteiger partial charge in [-0.2, -0.15) is 0 Å². The largest absolute Gasteiger partial charge is 0.363 e. The third-order valence-electron chi connectivity index (χ3n) is 3.84. The molecular formula is C14H17ClN2O2. The van der Waals surface area contributed by atoms with Gasteiger partial charge in [-0.15, -0.1) is 11.6 Å². The summed E-state index contributed by atoms with van der Waals surface area (Å²) in [4.78, 5) is 13.2. The minimum atomic E-state index is -0.284. The molecule has 2 fully saturated rings. The zero-order chi connectivity index (χ0) is 13.4. The summed E-state index contributed by atoms with van der Waals surface area (Å²) in [6, 6.07) is 5.89. The third kappa shape index (κ3) is 2.84. The lowest BCUT2D eigenvalue weighted by molar-refractivity contribution is -0.384. The van der Waals surface area contributed by atoms with E-state index in [2.05, 4.69) is 4.90 Å². The van der Waals surface area contributed by atoms with Gasteiger partial charge in [0.2, 0.25) is 0 Å². The maximum atomic E-state index is 11.3. The fraction of sp³-hybridized carbons (Fsp3) is 0.571. The Morgan fingerprint density at radius 2 is 2.05 bits per heavy atom. The number of benzene rings is 1. The van der Waals surface area contributed by atoms with Gasteiger partial charge in [0.15, 0.2) is 0 Å². The molecule has 5 heteroatoms. The maximum absolute atomic E-state index is 11.3. The zero-order valence-corrected chi connectivity index (χ0v) is 11.5. The monoisotopic (exact) mass is 280 g/mol. The van der Waals surface area contributed by atoms with Crippen molar-refractivity contribution in [3.8, 4) is 0 Å². The number of rotatable bonds is 6. The molecule has 0 spiro atoms. The molecule has 4 nitrogen and oxygen atoms in total. The van der Waals surface area contributed by atoms with Gasteiger partial charge in [-0.1, -0.05) is 6.07 Å². The van der Waals surface area contributed by atoms with Crippen LogP contribution in [-0.4, -0.2) is 17.5 Å². The van der Waals surface area contributed by atoms with Crippen molar-refractivity contribution in [1.29, 1.82) is 0 Å². The molecule has 1 aromatic rings. The van der Waals surface area contributed by atoms with Crippen molar-refractivity contribution >= 4 is 23.0 Å². The van der Waals surface area contributed by atoms with E-state index in [4.69, 9.17) is 11.6 Å². The smallest absolute Gasteiger partial charge is 0.292 e.